The van der Waals surface area contributed by atoms with E-state index in [0.29, 0.717) is 6.42 Å². The van der Waals surface area contributed by atoms with Gasteiger partial charge in [-0.3, -0.25) is 4.79 Å². The summed E-state index contributed by atoms with van der Waals surface area (Å²) in [5, 5.41) is 14.4. The van der Waals surface area contributed by atoms with Gasteiger partial charge in [0.25, 0.3) is 0 Å². The first-order chi connectivity index (χ1) is 12.2. The Labute approximate surface area is 159 Å². The van der Waals surface area contributed by atoms with Crippen molar-refractivity contribution in [3.8, 4) is 0 Å². The number of thiophene rings is 1. The highest BCUT2D eigenvalue weighted by Gasteiger charge is 2.08. The summed E-state index contributed by atoms with van der Waals surface area (Å²) in [5.41, 5.74) is 2.34. The highest BCUT2D eigenvalue weighted by molar-refractivity contribution is 8.01. The minimum absolute atomic E-state index is 0.228. The van der Waals surface area contributed by atoms with Crippen LogP contribution in [0, 0.1) is 0 Å². The number of benzene rings is 1. The van der Waals surface area contributed by atoms with E-state index < -0.39 is 0 Å². The van der Waals surface area contributed by atoms with Gasteiger partial charge in [-0.1, -0.05) is 48.2 Å². The van der Waals surface area contributed by atoms with Gasteiger partial charge in [0.1, 0.15) is 0 Å². The molecule has 0 unspecified atom stereocenters. The second-order valence-corrected chi connectivity index (χ2v) is 8.67. The quantitative estimate of drug-likeness (QED) is 0.291. The van der Waals surface area contributed by atoms with Crippen molar-refractivity contribution in [2.24, 2.45) is 0 Å². The smallest absolute Gasteiger partial charge is 0.210 e. The molecule has 0 aliphatic heterocycles. The van der Waals surface area contributed by atoms with Crippen molar-refractivity contribution in [3.63, 3.8) is 0 Å². The van der Waals surface area contributed by atoms with Crippen molar-refractivity contribution in [2.45, 2.75) is 30.5 Å². The molecule has 130 valence electrons. The molecular formula is C18H19N3OS3. The predicted molar refractivity (Wildman–Crippen MR) is 108 cm³/mol. The van der Waals surface area contributed by atoms with Gasteiger partial charge < -0.3 is 5.32 Å². The first kappa shape index (κ1) is 18.1. The van der Waals surface area contributed by atoms with E-state index in [2.05, 4.69) is 46.7 Å². The number of nitrogens with zero attached hydrogens (tertiary/aromatic N) is 2. The van der Waals surface area contributed by atoms with Crippen LogP contribution in [0.25, 0.3) is 0 Å². The number of nitrogens with one attached hydrogen (secondary N) is 1. The molecule has 1 N–H and O–H groups in total. The zero-order chi connectivity index (χ0) is 17.5. The Balaban J connectivity index is 1.43. The number of aromatic nitrogens is 2. The molecule has 3 aromatic rings. The Kier molecular flexibility index (Phi) is 6.61. The van der Waals surface area contributed by atoms with Gasteiger partial charge >= 0.3 is 0 Å². The van der Waals surface area contributed by atoms with Crippen LogP contribution in [0.5, 0.6) is 0 Å². The van der Waals surface area contributed by atoms with E-state index >= 15 is 0 Å². The van der Waals surface area contributed by atoms with Gasteiger partial charge in [0, 0.05) is 17.9 Å². The zero-order valence-corrected chi connectivity index (χ0v) is 16.3. The van der Waals surface area contributed by atoms with Gasteiger partial charge in [-0.25, -0.2) is 0 Å². The lowest BCUT2D eigenvalue weighted by Gasteiger charge is -2.02. The molecule has 0 aliphatic carbocycles. The van der Waals surface area contributed by atoms with Crippen molar-refractivity contribution in [1.82, 2.24) is 10.2 Å². The van der Waals surface area contributed by atoms with Crippen molar-refractivity contribution in [2.75, 3.05) is 11.1 Å². The number of hydrogen-bond acceptors (Lipinski definition) is 7. The highest BCUT2D eigenvalue weighted by Crippen LogP contribution is 2.28. The largest absolute Gasteiger partial charge is 0.330 e. The number of hydrogen-bond donors (Lipinski definition) is 1. The molecule has 7 heteroatoms. The Morgan fingerprint density at radius 3 is 2.76 bits per heavy atom. The fourth-order valence-corrected chi connectivity index (χ4v) is 4.69. The summed E-state index contributed by atoms with van der Waals surface area (Å²) < 4.78 is 0.927. The first-order valence-electron chi connectivity index (χ1n) is 8.13. The topological polar surface area (TPSA) is 54.9 Å². The van der Waals surface area contributed by atoms with Gasteiger partial charge in [0.2, 0.25) is 5.13 Å². The molecule has 4 nitrogen and oxygen atoms in total. The number of ketones is 1. The summed E-state index contributed by atoms with van der Waals surface area (Å²) in [6.45, 7) is 2.14. The predicted octanol–water partition coefficient (Wildman–Crippen LogP) is 5.66. The van der Waals surface area contributed by atoms with Crippen molar-refractivity contribution >= 4 is 51.0 Å². The van der Waals surface area contributed by atoms with E-state index in [4.69, 9.17) is 0 Å². The van der Waals surface area contributed by atoms with Gasteiger partial charge in [0.05, 0.1) is 4.88 Å². The Hall–Kier alpha value is -1.70. The van der Waals surface area contributed by atoms with Crippen LogP contribution in [0.2, 0.25) is 0 Å². The van der Waals surface area contributed by atoms with Gasteiger partial charge in [-0.05, 0) is 42.0 Å². The Bertz CT molecular complexity index is 797. The third kappa shape index (κ3) is 5.39. The molecule has 0 saturated carbocycles. The normalized spacial score (nSPS) is 10.8. The second kappa shape index (κ2) is 9.12. The van der Waals surface area contributed by atoms with Crippen LogP contribution < -0.4 is 5.32 Å². The number of rotatable bonds is 9. The standard InChI is InChI=1S/C18H19N3OS3/c1-2-13-7-9-14(10-8-13)19-17-20-21-18(25-17)24-12-3-5-15(22)16-6-4-11-23-16/h4,6-11H,2-3,5,12H2,1H3,(H,19,20). The fraction of sp³-hybridized carbons (Fsp3) is 0.278. The molecule has 2 heterocycles. The van der Waals surface area contributed by atoms with Crippen molar-refractivity contribution < 1.29 is 4.79 Å². The van der Waals surface area contributed by atoms with Crippen LogP contribution in [0.1, 0.15) is 35.0 Å². The summed E-state index contributed by atoms with van der Waals surface area (Å²) in [5.74, 6) is 1.10. The minimum atomic E-state index is 0.228. The number of aryl methyl sites for hydroxylation is 1. The van der Waals surface area contributed by atoms with Gasteiger partial charge in [-0.2, -0.15) is 0 Å². The Morgan fingerprint density at radius 2 is 2.04 bits per heavy atom. The van der Waals surface area contributed by atoms with Crippen molar-refractivity contribution in [3.05, 3.63) is 52.2 Å². The third-order valence-corrected chi connectivity index (χ3v) is 6.56. The van der Waals surface area contributed by atoms with E-state index in [-0.39, 0.29) is 5.78 Å². The van der Waals surface area contributed by atoms with Crippen LogP contribution in [0.3, 0.4) is 0 Å². The number of carbonyl (C=O) groups excluding carboxylic acids is 1. The zero-order valence-electron chi connectivity index (χ0n) is 13.9. The van der Waals surface area contributed by atoms with E-state index in [9.17, 15) is 4.79 Å². The lowest BCUT2D eigenvalue weighted by atomic mass is 10.1. The van der Waals surface area contributed by atoms with Crippen LogP contribution in [-0.2, 0) is 6.42 Å². The fourth-order valence-electron chi connectivity index (χ4n) is 2.22. The maximum absolute atomic E-state index is 11.9. The first-order valence-corrected chi connectivity index (χ1v) is 10.8. The van der Waals surface area contributed by atoms with Crippen LogP contribution in [0.15, 0.2) is 46.1 Å². The molecule has 0 amide bonds. The number of carbonyl (C=O) groups is 1. The maximum atomic E-state index is 11.9. The van der Waals surface area contributed by atoms with Gasteiger partial charge in [-0.15, -0.1) is 21.5 Å². The molecule has 1 aromatic carbocycles. The second-order valence-electron chi connectivity index (χ2n) is 5.40. The summed E-state index contributed by atoms with van der Waals surface area (Å²) in [7, 11) is 0. The van der Waals surface area contributed by atoms with Gasteiger partial charge in [0.15, 0.2) is 10.1 Å². The lowest BCUT2D eigenvalue weighted by Crippen LogP contribution is -1.96. The minimum Gasteiger partial charge on any atom is -0.330 e. The summed E-state index contributed by atoms with van der Waals surface area (Å²) in [6.07, 6.45) is 2.47. The molecule has 0 fully saturated rings. The molecule has 0 atom stereocenters. The number of thioether (sulfide) groups is 1. The van der Waals surface area contributed by atoms with Crippen LogP contribution in [0.4, 0.5) is 10.8 Å². The average Bonchev–Trinajstić information content (AvgIpc) is 3.31. The SMILES string of the molecule is CCc1ccc(Nc2nnc(SCCCC(=O)c3cccs3)s2)cc1. The Morgan fingerprint density at radius 1 is 1.20 bits per heavy atom. The molecule has 0 radical (unpaired) electrons. The molecular weight excluding hydrogens is 370 g/mol. The van der Waals surface area contributed by atoms with E-state index in [1.54, 1.807) is 23.1 Å². The number of anilines is 2. The van der Waals surface area contributed by atoms with Crippen molar-refractivity contribution in [1.29, 1.82) is 0 Å². The highest BCUT2D eigenvalue weighted by atomic mass is 32.2. The molecule has 0 saturated heterocycles. The molecule has 2 aromatic heterocycles. The molecule has 0 spiro atoms. The maximum Gasteiger partial charge on any atom is 0.210 e. The lowest BCUT2D eigenvalue weighted by molar-refractivity contribution is 0.0986. The molecule has 0 bridgehead atoms. The van der Waals surface area contributed by atoms with E-state index in [1.807, 2.05) is 17.5 Å². The van der Waals surface area contributed by atoms with Crippen LogP contribution >= 0.6 is 34.4 Å². The summed E-state index contributed by atoms with van der Waals surface area (Å²) >= 11 is 4.70. The van der Waals surface area contributed by atoms with E-state index in [1.165, 1.54) is 16.9 Å². The third-order valence-electron chi connectivity index (χ3n) is 3.59. The van der Waals surface area contributed by atoms with Crippen LogP contribution in [-0.4, -0.2) is 21.7 Å². The molecule has 25 heavy (non-hydrogen) atoms. The molecule has 3 rings (SSSR count). The monoisotopic (exact) mass is 389 g/mol. The molecule has 0 aliphatic rings. The van der Waals surface area contributed by atoms with E-state index in [0.717, 1.165) is 38.6 Å². The average molecular weight is 390 g/mol. The summed E-state index contributed by atoms with van der Waals surface area (Å²) in [4.78, 5) is 12.8. The summed E-state index contributed by atoms with van der Waals surface area (Å²) in [6, 6.07) is 12.1. The number of Topliss-reactive ketones (excluding diaryl/α,β-unsaturated/α-hetero) is 1.